The molecular formula is C23H36O3. The fourth-order valence-corrected chi connectivity index (χ4v) is 8.09. The van der Waals surface area contributed by atoms with E-state index in [1.807, 2.05) is 6.92 Å². The summed E-state index contributed by atoms with van der Waals surface area (Å²) in [6.45, 7) is 8.58. The van der Waals surface area contributed by atoms with Crippen LogP contribution in [0.2, 0.25) is 0 Å². The minimum atomic E-state index is -0.849. The van der Waals surface area contributed by atoms with Crippen molar-refractivity contribution in [3.05, 3.63) is 0 Å². The van der Waals surface area contributed by atoms with Gasteiger partial charge in [-0.3, -0.25) is 0 Å². The third-order valence-corrected chi connectivity index (χ3v) is 9.71. The highest BCUT2D eigenvalue weighted by Gasteiger charge is 2.68. The van der Waals surface area contributed by atoms with Gasteiger partial charge in [-0.05, 0) is 81.0 Å². The minimum absolute atomic E-state index is 0.118. The van der Waals surface area contributed by atoms with E-state index < -0.39 is 11.2 Å². The van der Waals surface area contributed by atoms with Gasteiger partial charge >= 0.3 is 0 Å². The molecule has 0 bridgehead atoms. The molecule has 4 aliphatic rings. The Kier molecular flexibility index (Phi) is 4.14. The molecule has 26 heavy (non-hydrogen) atoms. The minimum Gasteiger partial charge on any atom is -0.393 e. The van der Waals surface area contributed by atoms with E-state index >= 15 is 0 Å². The molecule has 0 aliphatic heterocycles. The summed E-state index contributed by atoms with van der Waals surface area (Å²) < 4.78 is 0. The van der Waals surface area contributed by atoms with Crippen molar-refractivity contribution in [2.45, 2.75) is 96.4 Å². The van der Waals surface area contributed by atoms with E-state index in [0.717, 1.165) is 44.9 Å². The molecule has 3 heteroatoms. The van der Waals surface area contributed by atoms with E-state index in [1.165, 1.54) is 0 Å². The molecule has 4 fully saturated rings. The number of aliphatic hydroxyl groups is 3. The highest BCUT2D eigenvalue weighted by atomic mass is 16.3. The van der Waals surface area contributed by atoms with Gasteiger partial charge in [0.15, 0.2) is 0 Å². The van der Waals surface area contributed by atoms with Crippen LogP contribution in [0.1, 0.15) is 79.1 Å². The quantitative estimate of drug-likeness (QED) is 0.579. The summed E-state index contributed by atoms with van der Waals surface area (Å²) in [5.74, 6) is 7.88. The molecule has 9 atom stereocenters. The average Bonchev–Trinajstić information content (AvgIpc) is 2.83. The average molecular weight is 361 g/mol. The number of aliphatic hydroxyl groups excluding tert-OH is 1. The fraction of sp³-hybridized carbons (Fsp3) is 0.913. The van der Waals surface area contributed by atoms with Gasteiger partial charge in [0.05, 0.1) is 11.7 Å². The van der Waals surface area contributed by atoms with E-state index in [-0.39, 0.29) is 22.9 Å². The fourth-order valence-electron chi connectivity index (χ4n) is 8.09. The number of hydrogen-bond donors (Lipinski definition) is 3. The van der Waals surface area contributed by atoms with Crippen LogP contribution in [0, 0.1) is 46.3 Å². The molecule has 146 valence electrons. The molecule has 0 aromatic carbocycles. The molecule has 4 saturated carbocycles. The SMILES string of the molecule is CC#C[C@]1(O)CC[C@H]2[C@@H]3C[C@@H](C)[C@@]4(O)C[C@@H](O)CC[C@]4(C)[C@H]3CC[C@@]21C. The van der Waals surface area contributed by atoms with Crippen molar-refractivity contribution in [1.29, 1.82) is 0 Å². The second-order valence-corrected chi connectivity index (χ2v) is 10.5. The van der Waals surface area contributed by atoms with Crippen molar-refractivity contribution in [2.24, 2.45) is 34.5 Å². The first-order valence-electron chi connectivity index (χ1n) is 10.7. The van der Waals surface area contributed by atoms with Gasteiger partial charge in [0.2, 0.25) is 0 Å². The maximum Gasteiger partial charge on any atom is 0.131 e. The van der Waals surface area contributed by atoms with Crippen molar-refractivity contribution in [1.82, 2.24) is 0 Å². The molecule has 0 unspecified atom stereocenters. The molecular weight excluding hydrogens is 324 g/mol. The van der Waals surface area contributed by atoms with E-state index in [0.29, 0.717) is 24.2 Å². The van der Waals surface area contributed by atoms with Crippen LogP contribution in [0.3, 0.4) is 0 Å². The van der Waals surface area contributed by atoms with Gasteiger partial charge in [-0.1, -0.05) is 26.7 Å². The Labute approximate surface area is 158 Å². The van der Waals surface area contributed by atoms with Crippen LogP contribution in [0.25, 0.3) is 0 Å². The van der Waals surface area contributed by atoms with Gasteiger partial charge in [0.1, 0.15) is 5.60 Å². The summed E-state index contributed by atoms with van der Waals surface area (Å²) in [5, 5.41) is 33.3. The lowest BCUT2D eigenvalue weighted by atomic mass is 9.41. The molecule has 0 aromatic heterocycles. The van der Waals surface area contributed by atoms with E-state index in [4.69, 9.17) is 0 Å². The number of fused-ring (bicyclic) bond motifs is 5. The standard InChI is InChI=1S/C23H36O3/c1-5-9-22(25)12-8-18-17-13-15(2)23(26)14-16(24)6-10-21(23,4)19(17)7-11-20(18,22)3/h15-19,24-26H,6-8,10-14H2,1-4H3/t15-,16+,17+,18+,19+,20+,21-,22+,23+/m1/s1. The second kappa shape index (κ2) is 5.72. The van der Waals surface area contributed by atoms with Crippen LogP contribution in [0.15, 0.2) is 0 Å². The molecule has 3 nitrogen and oxygen atoms in total. The zero-order valence-corrected chi connectivity index (χ0v) is 16.9. The predicted octanol–water partition coefficient (Wildman–Crippen LogP) is 3.51. The topological polar surface area (TPSA) is 60.7 Å². The van der Waals surface area contributed by atoms with Crippen molar-refractivity contribution >= 4 is 0 Å². The summed E-state index contributed by atoms with van der Waals surface area (Å²) in [6.07, 6.45) is 6.79. The van der Waals surface area contributed by atoms with Crippen molar-refractivity contribution in [2.75, 3.05) is 0 Å². The Hall–Kier alpha value is -0.560. The molecule has 0 spiro atoms. The van der Waals surface area contributed by atoms with E-state index in [9.17, 15) is 15.3 Å². The summed E-state index contributed by atoms with van der Waals surface area (Å²) in [7, 11) is 0. The molecule has 0 amide bonds. The van der Waals surface area contributed by atoms with Crippen LogP contribution in [-0.2, 0) is 0 Å². The summed E-state index contributed by atoms with van der Waals surface area (Å²) in [6, 6.07) is 0. The van der Waals surface area contributed by atoms with Crippen molar-refractivity contribution in [3.8, 4) is 11.8 Å². The highest BCUT2D eigenvalue weighted by molar-refractivity contribution is 5.26. The van der Waals surface area contributed by atoms with Crippen LogP contribution in [-0.4, -0.2) is 32.6 Å². The molecule has 0 saturated heterocycles. The zero-order chi connectivity index (χ0) is 19.0. The van der Waals surface area contributed by atoms with Crippen molar-refractivity contribution < 1.29 is 15.3 Å². The molecule has 0 aromatic rings. The summed E-state index contributed by atoms with van der Waals surface area (Å²) in [4.78, 5) is 0. The van der Waals surface area contributed by atoms with E-state index in [1.54, 1.807) is 0 Å². The highest BCUT2D eigenvalue weighted by Crippen LogP contribution is 2.69. The van der Waals surface area contributed by atoms with Gasteiger partial charge < -0.3 is 15.3 Å². The first-order valence-corrected chi connectivity index (χ1v) is 10.7. The van der Waals surface area contributed by atoms with Crippen LogP contribution in [0.4, 0.5) is 0 Å². The lowest BCUT2D eigenvalue weighted by Gasteiger charge is -2.66. The Morgan fingerprint density at radius 1 is 0.923 bits per heavy atom. The van der Waals surface area contributed by atoms with Crippen LogP contribution in [0.5, 0.6) is 0 Å². The first-order chi connectivity index (χ1) is 12.1. The lowest BCUT2D eigenvalue weighted by Crippen LogP contribution is -2.66. The van der Waals surface area contributed by atoms with Gasteiger partial charge in [-0.15, -0.1) is 5.92 Å². The largest absolute Gasteiger partial charge is 0.393 e. The monoisotopic (exact) mass is 360 g/mol. The Morgan fingerprint density at radius 2 is 1.54 bits per heavy atom. The molecule has 3 N–H and O–H groups in total. The Balaban J connectivity index is 1.72. The normalized spacial score (nSPS) is 58.8. The molecule has 4 rings (SSSR count). The first kappa shape index (κ1) is 18.8. The maximum absolute atomic E-state index is 11.7. The third-order valence-electron chi connectivity index (χ3n) is 9.71. The van der Waals surface area contributed by atoms with Gasteiger partial charge in [0, 0.05) is 11.8 Å². The third kappa shape index (κ3) is 2.13. The summed E-state index contributed by atoms with van der Waals surface area (Å²) >= 11 is 0. The zero-order valence-electron chi connectivity index (χ0n) is 16.9. The lowest BCUT2D eigenvalue weighted by molar-refractivity contribution is -0.247. The summed E-state index contributed by atoms with van der Waals surface area (Å²) in [5.41, 5.74) is -1.85. The van der Waals surface area contributed by atoms with Crippen molar-refractivity contribution in [3.63, 3.8) is 0 Å². The molecule has 4 aliphatic carbocycles. The molecule has 0 radical (unpaired) electrons. The van der Waals surface area contributed by atoms with Gasteiger partial charge in [0.25, 0.3) is 0 Å². The van der Waals surface area contributed by atoms with Gasteiger partial charge in [-0.2, -0.15) is 0 Å². The number of hydrogen-bond acceptors (Lipinski definition) is 3. The smallest absolute Gasteiger partial charge is 0.131 e. The van der Waals surface area contributed by atoms with Crippen LogP contribution >= 0.6 is 0 Å². The predicted molar refractivity (Wildman–Crippen MR) is 102 cm³/mol. The molecule has 0 heterocycles. The Morgan fingerprint density at radius 3 is 2.23 bits per heavy atom. The maximum atomic E-state index is 11.7. The Bertz CT molecular complexity index is 650. The van der Waals surface area contributed by atoms with Crippen LogP contribution < -0.4 is 0 Å². The van der Waals surface area contributed by atoms with Gasteiger partial charge in [-0.25, -0.2) is 0 Å². The van der Waals surface area contributed by atoms with E-state index in [2.05, 4.69) is 32.6 Å². The second-order valence-electron chi connectivity index (χ2n) is 10.5. The number of rotatable bonds is 0.